The van der Waals surface area contributed by atoms with Gasteiger partial charge in [0.15, 0.2) is 0 Å². The number of carbonyl (C=O) groups excluding carboxylic acids is 5. The third kappa shape index (κ3) is 30.2. The molecule has 56 heavy (non-hydrogen) atoms. The average Bonchev–Trinajstić information content (AvgIpc) is 3.13. The van der Waals surface area contributed by atoms with Crippen LogP contribution in [-0.4, -0.2) is 93.9 Å². The van der Waals surface area contributed by atoms with E-state index in [0.717, 1.165) is 89.9 Å². The molecule has 0 aromatic heterocycles. The van der Waals surface area contributed by atoms with Crippen molar-refractivity contribution in [1.29, 1.82) is 0 Å². The first-order chi connectivity index (χ1) is 26.6. The molecule has 0 fully saturated rings. The summed E-state index contributed by atoms with van der Waals surface area (Å²) < 4.78 is 0. The average molecular weight is 798 g/mol. The van der Waals surface area contributed by atoms with E-state index >= 15 is 0 Å². The summed E-state index contributed by atoms with van der Waals surface area (Å²) in [6, 6.07) is -3.35. The number of carboxylic acid groups (broad SMARTS) is 3. The first-order valence-corrected chi connectivity index (χ1v) is 20.7. The van der Waals surface area contributed by atoms with E-state index in [0.29, 0.717) is 38.8 Å². The SMILES string of the molecule is CC(=O)[C@@H](C)CCCCNC(=O)[C@@H](N)CCCCNC(=O)CC[C@H](NC(=O)CC[C@H](NC(=O)CCCCCCCCCCCCCCC(=O)O)C(=O)O)C(=O)O. The predicted molar refractivity (Wildman–Crippen MR) is 211 cm³/mol. The van der Waals surface area contributed by atoms with Crippen molar-refractivity contribution in [3.8, 4) is 0 Å². The number of Topliss-reactive ketones (excluding diaryl/α,β-unsaturated/α-hetero) is 1. The zero-order valence-electron chi connectivity index (χ0n) is 33.9. The standard InChI is InChI=1S/C40H71N5O11/c1-29(30(2)46)19-15-17-28-43-38(52)31(41)20-16-18-27-42-34(47)25-23-32(39(53)54)45-36(49)26-24-33(40(55)56)44-35(48)21-13-11-9-7-5-3-4-6-8-10-12-14-22-37(50)51/h29,31-33H,3-28,41H2,1-2H3,(H,42,47)(H,43,52)(H,44,48)(H,45,49)(H,50,51)(H,53,54)(H,55,56)/t29-,31-,32-,33-/m0/s1. The maximum absolute atomic E-state index is 12.5. The molecule has 0 saturated carbocycles. The van der Waals surface area contributed by atoms with Gasteiger partial charge in [-0.1, -0.05) is 77.6 Å². The van der Waals surface area contributed by atoms with Crippen LogP contribution >= 0.6 is 0 Å². The lowest BCUT2D eigenvalue weighted by molar-refractivity contribution is -0.143. The molecule has 0 heterocycles. The molecule has 4 amide bonds. The van der Waals surface area contributed by atoms with E-state index in [9.17, 15) is 48.6 Å². The lowest BCUT2D eigenvalue weighted by Crippen LogP contribution is -2.44. The molecular weight excluding hydrogens is 726 g/mol. The highest BCUT2D eigenvalue weighted by molar-refractivity contribution is 5.86. The molecule has 0 spiro atoms. The number of amides is 4. The number of aliphatic carboxylic acids is 3. The van der Waals surface area contributed by atoms with Crippen LogP contribution in [0.4, 0.5) is 0 Å². The van der Waals surface area contributed by atoms with Crippen molar-refractivity contribution in [2.45, 2.75) is 186 Å². The first kappa shape index (κ1) is 51.9. The molecule has 0 radical (unpaired) electrons. The Morgan fingerprint density at radius 2 is 0.893 bits per heavy atom. The second-order valence-electron chi connectivity index (χ2n) is 14.9. The summed E-state index contributed by atoms with van der Waals surface area (Å²) >= 11 is 0. The summed E-state index contributed by atoms with van der Waals surface area (Å²) in [4.78, 5) is 94.5. The number of nitrogens with one attached hydrogen (secondary N) is 4. The normalized spacial score (nSPS) is 13.1. The van der Waals surface area contributed by atoms with Crippen molar-refractivity contribution < 1.29 is 53.7 Å². The van der Waals surface area contributed by atoms with Crippen LogP contribution in [0.25, 0.3) is 0 Å². The predicted octanol–water partition coefficient (Wildman–Crippen LogP) is 4.36. The molecule has 16 nitrogen and oxygen atoms in total. The smallest absolute Gasteiger partial charge is 0.326 e. The monoisotopic (exact) mass is 798 g/mol. The molecule has 0 saturated heterocycles. The van der Waals surface area contributed by atoms with E-state index in [4.69, 9.17) is 10.8 Å². The van der Waals surface area contributed by atoms with Crippen LogP contribution in [0.15, 0.2) is 0 Å². The van der Waals surface area contributed by atoms with Crippen LogP contribution in [0.1, 0.15) is 168 Å². The van der Waals surface area contributed by atoms with Crippen molar-refractivity contribution in [2.75, 3.05) is 13.1 Å². The van der Waals surface area contributed by atoms with Gasteiger partial charge in [0, 0.05) is 44.7 Å². The van der Waals surface area contributed by atoms with Gasteiger partial charge < -0.3 is 42.3 Å². The Balaban J connectivity index is 4.16. The summed E-state index contributed by atoms with van der Waals surface area (Å²) in [6.45, 7) is 4.24. The molecule has 9 N–H and O–H groups in total. The number of nitrogens with two attached hydrogens (primary N) is 1. The Bertz CT molecular complexity index is 1200. The summed E-state index contributed by atoms with van der Waals surface area (Å²) in [5, 5.41) is 38.0. The minimum absolute atomic E-state index is 0.0115. The van der Waals surface area contributed by atoms with E-state index in [1.54, 1.807) is 6.92 Å². The summed E-state index contributed by atoms with van der Waals surface area (Å²) in [5.74, 6) is -5.02. The molecule has 0 rings (SSSR count). The van der Waals surface area contributed by atoms with Crippen molar-refractivity contribution >= 4 is 47.3 Å². The van der Waals surface area contributed by atoms with Crippen LogP contribution in [-0.2, 0) is 38.4 Å². The fraction of sp³-hybridized carbons (Fsp3) is 0.800. The highest BCUT2D eigenvalue weighted by atomic mass is 16.4. The van der Waals surface area contributed by atoms with Crippen LogP contribution in [0.3, 0.4) is 0 Å². The number of carboxylic acids is 3. The molecule has 4 atom stereocenters. The van der Waals surface area contributed by atoms with Gasteiger partial charge in [-0.15, -0.1) is 0 Å². The van der Waals surface area contributed by atoms with Crippen molar-refractivity contribution in [3.63, 3.8) is 0 Å². The molecule has 0 bridgehead atoms. The van der Waals surface area contributed by atoms with Gasteiger partial charge in [-0.3, -0.25) is 28.8 Å². The molecule has 0 aliphatic rings. The van der Waals surface area contributed by atoms with Gasteiger partial charge in [-0.2, -0.15) is 0 Å². The molecule has 322 valence electrons. The Labute approximate surface area is 332 Å². The molecule has 0 aliphatic heterocycles. The quantitative estimate of drug-likeness (QED) is 0.0408. The molecule has 0 aliphatic carbocycles. The van der Waals surface area contributed by atoms with Gasteiger partial charge in [-0.25, -0.2) is 9.59 Å². The number of ketones is 1. The van der Waals surface area contributed by atoms with Crippen LogP contribution in [0.2, 0.25) is 0 Å². The summed E-state index contributed by atoms with van der Waals surface area (Å²) in [5.41, 5.74) is 5.95. The lowest BCUT2D eigenvalue weighted by Gasteiger charge is -2.17. The lowest BCUT2D eigenvalue weighted by atomic mass is 10.0. The van der Waals surface area contributed by atoms with E-state index in [1.807, 2.05) is 6.92 Å². The molecule has 0 aromatic carbocycles. The second-order valence-corrected chi connectivity index (χ2v) is 14.9. The maximum Gasteiger partial charge on any atom is 0.326 e. The molecular formula is C40H71N5O11. The third-order valence-electron chi connectivity index (χ3n) is 9.79. The van der Waals surface area contributed by atoms with Crippen LogP contribution < -0.4 is 27.0 Å². The number of carbonyl (C=O) groups is 8. The number of unbranched alkanes of at least 4 members (excludes halogenated alkanes) is 13. The Morgan fingerprint density at radius 1 is 0.482 bits per heavy atom. The van der Waals surface area contributed by atoms with Crippen molar-refractivity contribution in [1.82, 2.24) is 21.3 Å². The molecule has 16 heteroatoms. The van der Waals surface area contributed by atoms with Crippen molar-refractivity contribution in [2.24, 2.45) is 11.7 Å². The van der Waals surface area contributed by atoms with E-state index < -0.39 is 53.8 Å². The zero-order chi connectivity index (χ0) is 42.1. The Morgan fingerprint density at radius 3 is 1.36 bits per heavy atom. The highest BCUT2D eigenvalue weighted by Gasteiger charge is 2.24. The Hall–Kier alpha value is -4.08. The van der Waals surface area contributed by atoms with Gasteiger partial charge in [0.05, 0.1) is 6.04 Å². The minimum Gasteiger partial charge on any atom is -0.481 e. The zero-order valence-corrected chi connectivity index (χ0v) is 33.9. The largest absolute Gasteiger partial charge is 0.481 e. The molecule has 0 aromatic rings. The maximum atomic E-state index is 12.5. The number of rotatable bonds is 37. The van der Waals surface area contributed by atoms with Gasteiger partial charge in [0.2, 0.25) is 23.6 Å². The number of hydrogen-bond donors (Lipinski definition) is 8. The third-order valence-corrected chi connectivity index (χ3v) is 9.79. The number of hydrogen-bond acceptors (Lipinski definition) is 9. The van der Waals surface area contributed by atoms with E-state index in [2.05, 4.69) is 21.3 Å². The van der Waals surface area contributed by atoms with E-state index in [1.165, 1.54) is 0 Å². The van der Waals surface area contributed by atoms with Crippen LogP contribution in [0.5, 0.6) is 0 Å². The minimum atomic E-state index is -1.36. The second kappa shape index (κ2) is 33.1. The summed E-state index contributed by atoms with van der Waals surface area (Å²) in [6.07, 6.45) is 15.3. The Kier molecular flexibility index (Phi) is 30.7. The van der Waals surface area contributed by atoms with Gasteiger partial charge in [-0.05, 0) is 64.7 Å². The van der Waals surface area contributed by atoms with Crippen molar-refractivity contribution in [3.05, 3.63) is 0 Å². The summed E-state index contributed by atoms with van der Waals surface area (Å²) in [7, 11) is 0. The van der Waals surface area contributed by atoms with Gasteiger partial charge in [0.1, 0.15) is 17.9 Å². The van der Waals surface area contributed by atoms with E-state index in [-0.39, 0.29) is 56.1 Å². The van der Waals surface area contributed by atoms with Crippen LogP contribution in [0, 0.1) is 5.92 Å². The van der Waals surface area contributed by atoms with Gasteiger partial charge in [0.25, 0.3) is 0 Å². The fourth-order valence-corrected chi connectivity index (χ4v) is 5.99. The fourth-order valence-electron chi connectivity index (χ4n) is 5.99. The highest BCUT2D eigenvalue weighted by Crippen LogP contribution is 2.14. The molecule has 0 unspecified atom stereocenters. The van der Waals surface area contributed by atoms with Gasteiger partial charge >= 0.3 is 17.9 Å². The topological polar surface area (TPSA) is 271 Å². The first-order valence-electron chi connectivity index (χ1n) is 20.7.